The van der Waals surface area contributed by atoms with Gasteiger partial charge >= 0.3 is 0 Å². The zero-order valence-electron chi connectivity index (χ0n) is 11.1. The predicted octanol–water partition coefficient (Wildman–Crippen LogP) is 2.85. The zero-order chi connectivity index (χ0) is 12.4. The van der Waals surface area contributed by atoms with E-state index in [9.17, 15) is 0 Å². The molecule has 0 amide bonds. The summed E-state index contributed by atoms with van der Waals surface area (Å²) in [5.74, 6) is 1.30. The van der Waals surface area contributed by atoms with Crippen LogP contribution in [0.3, 0.4) is 0 Å². The van der Waals surface area contributed by atoms with E-state index >= 15 is 0 Å². The lowest BCUT2D eigenvalue weighted by Gasteiger charge is -2.33. The monoisotopic (exact) mass is 262 g/mol. The first-order valence-electron chi connectivity index (χ1n) is 7.03. The first kappa shape index (κ1) is 12.4. The fourth-order valence-corrected chi connectivity index (χ4v) is 4.24. The highest BCUT2D eigenvalue weighted by Gasteiger charge is 2.25. The molecular formula is C15H22N2S. The van der Waals surface area contributed by atoms with Crippen LogP contribution in [-0.4, -0.2) is 41.6 Å². The lowest BCUT2D eigenvalue weighted by molar-refractivity contribution is 0.270. The van der Waals surface area contributed by atoms with Gasteiger partial charge in [0, 0.05) is 42.4 Å². The predicted molar refractivity (Wildman–Crippen MR) is 80.5 cm³/mol. The lowest BCUT2D eigenvalue weighted by Crippen LogP contribution is -2.43. The number of anilines is 1. The van der Waals surface area contributed by atoms with Gasteiger partial charge < -0.3 is 5.32 Å². The van der Waals surface area contributed by atoms with Crippen molar-refractivity contribution in [2.45, 2.75) is 31.1 Å². The zero-order valence-corrected chi connectivity index (χ0v) is 11.9. The van der Waals surface area contributed by atoms with E-state index in [0.29, 0.717) is 6.04 Å². The molecular weight excluding hydrogens is 240 g/mol. The van der Waals surface area contributed by atoms with Crippen molar-refractivity contribution in [3.63, 3.8) is 0 Å². The first-order valence-corrected chi connectivity index (χ1v) is 8.08. The van der Waals surface area contributed by atoms with Crippen molar-refractivity contribution in [2.75, 3.05) is 30.7 Å². The maximum atomic E-state index is 3.67. The number of hydrogen-bond acceptors (Lipinski definition) is 3. The summed E-state index contributed by atoms with van der Waals surface area (Å²) in [6.45, 7) is 6.04. The molecule has 2 aliphatic rings. The van der Waals surface area contributed by atoms with E-state index in [4.69, 9.17) is 0 Å². The van der Waals surface area contributed by atoms with Crippen molar-refractivity contribution in [3.8, 4) is 0 Å². The van der Waals surface area contributed by atoms with E-state index in [1.165, 1.54) is 49.5 Å². The molecule has 1 aromatic rings. The molecule has 3 heteroatoms. The van der Waals surface area contributed by atoms with Crippen LogP contribution in [-0.2, 0) is 6.42 Å². The van der Waals surface area contributed by atoms with Crippen molar-refractivity contribution >= 4 is 17.4 Å². The quantitative estimate of drug-likeness (QED) is 0.902. The summed E-state index contributed by atoms with van der Waals surface area (Å²) in [6, 6.07) is 9.34. The van der Waals surface area contributed by atoms with Crippen LogP contribution in [0.4, 0.5) is 5.69 Å². The second kappa shape index (κ2) is 5.54. The fraction of sp³-hybridized carbons (Fsp3) is 0.600. The number of nitrogens with one attached hydrogen (secondary N) is 1. The number of thioether (sulfide) groups is 1. The van der Waals surface area contributed by atoms with Gasteiger partial charge in [0.25, 0.3) is 0 Å². The number of fused-ring (bicyclic) bond motifs is 1. The average Bonchev–Trinajstić information content (AvgIpc) is 2.81. The Hall–Kier alpha value is -0.670. The van der Waals surface area contributed by atoms with E-state index in [-0.39, 0.29) is 0 Å². The number of hydrogen-bond donors (Lipinski definition) is 1. The van der Waals surface area contributed by atoms with E-state index in [1.807, 2.05) is 0 Å². The highest BCUT2D eigenvalue weighted by molar-refractivity contribution is 8.00. The largest absolute Gasteiger partial charge is 0.380 e. The van der Waals surface area contributed by atoms with E-state index in [1.54, 1.807) is 0 Å². The molecule has 1 unspecified atom stereocenters. The van der Waals surface area contributed by atoms with Gasteiger partial charge in [-0.2, -0.15) is 11.8 Å². The third-order valence-electron chi connectivity index (χ3n) is 4.00. The van der Waals surface area contributed by atoms with Crippen molar-refractivity contribution in [1.29, 1.82) is 0 Å². The standard InChI is InChI=1S/C15H22N2S/c1-2-14-11-17(7-8-18-14)10-13-9-12-5-3-4-6-15(12)16-13/h3-6,13-14,16H,2,7-11H2,1H3/t13-,14?/m0/s1. The second-order valence-corrected chi connectivity index (χ2v) is 6.77. The molecule has 2 aliphatic heterocycles. The van der Waals surface area contributed by atoms with Gasteiger partial charge in [0.1, 0.15) is 0 Å². The molecule has 1 N–H and O–H groups in total. The Morgan fingerprint density at radius 3 is 3.11 bits per heavy atom. The summed E-state index contributed by atoms with van der Waals surface area (Å²) in [5, 5.41) is 4.52. The van der Waals surface area contributed by atoms with Gasteiger partial charge in [0.05, 0.1) is 0 Å². The van der Waals surface area contributed by atoms with Crippen molar-refractivity contribution in [2.24, 2.45) is 0 Å². The van der Waals surface area contributed by atoms with E-state index in [2.05, 4.69) is 53.2 Å². The topological polar surface area (TPSA) is 15.3 Å². The molecule has 2 heterocycles. The van der Waals surface area contributed by atoms with Gasteiger partial charge in [-0.1, -0.05) is 25.1 Å². The molecule has 0 aromatic heterocycles. The lowest BCUT2D eigenvalue weighted by atomic mass is 10.1. The van der Waals surface area contributed by atoms with Gasteiger partial charge in [0.15, 0.2) is 0 Å². The molecule has 0 spiro atoms. The normalized spacial score (nSPS) is 27.8. The molecule has 2 atom stereocenters. The van der Waals surface area contributed by atoms with Gasteiger partial charge in [-0.3, -0.25) is 4.90 Å². The summed E-state index contributed by atoms with van der Waals surface area (Å²) < 4.78 is 0. The Morgan fingerprint density at radius 2 is 2.28 bits per heavy atom. The molecule has 18 heavy (non-hydrogen) atoms. The Morgan fingerprint density at radius 1 is 1.39 bits per heavy atom. The minimum absolute atomic E-state index is 0.614. The number of benzene rings is 1. The number of rotatable bonds is 3. The fourth-order valence-electron chi connectivity index (χ4n) is 2.99. The molecule has 0 saturated carbocycles. The van der Waals surface area contributed by atoms with Crippen LogP contribution in [0.2, 0.25) is 0 Å². The highest BCUT2D eigenvalue weighted by Crippen LogP contribution is 2.27. The van der Waals surface area contributed by atoms with Crippen LogP contribution >= 0.6 is 11.8 Å². The Labute approximate surface area is 114 Å². The van der Waals surface area contributed by atoms with Crippen LogP contribution in [0, 0.1) is 0 Å². The van der Waals surface area contributed by atoms with Gasteiger partial charge in [0.2, 0.25) is 0 Å². The van der Waals surface area contributed by atoms with Gasteiger partial charge in [-0.15, -0.1) is 0 Å². The molecule has 1 saturated heterocycles. The Bertz CT molecular complexity index is 382. The molecule has 98 valence electrons. The van der Waals surface area contributed by atoms with Crippen LogP contribution in [0.25, 0.3) is 0 Å². The van der Waals surface area contributed by atoms with E-state index in [0.717, 1.165) is 5.25 Å². The molecule has 1 aromatic carbocycles. The molecule has 0 radical (unpaired) electrons. The number of nitrogens with zero attached hydrogens (tertiary/aromatic N) is 1. The van der Waals surface area contributed by atoms with Gasteiger partial charge in [-0.25, -0.2) is 0 Å². The van der Waals surface area contributed by atoms with Crippen molar-refractivity contribution < 1.29 is 0 Å². The maximum absolute atomic E-state index is 3.67. The second-order valence-electron chi connectivity index (χ2n) is 5.36. The molecule has 0 aliphatic carbocycles. The maximum Gasteiger partial charge on any atom is 0.0429 e. The van der Waals surface area contributed by atoms with Crippen molar-refractivity contribution in [3.05, 3.63) is 29.8 Å². The summed E-state index contributed by atoms with van der Waals surface area (Å²) in [7, 11) is 0. The van der Waals surface area contributed by atoms with E-state index < -0.39 is 0 Å². The molecule has 1 fully saturated rings. The van der Waals surface area contributed by atoms with Gasteiger partial charge in [-0.05, 0) is 24.5 Å². The van der Waals surface area contributed by atoms with Crippen LogP contribution in [0.15, 0.2) is 24.3 Å². The summed E-state index contributed by atoms with van der Waals surface area (Å²) >= 11 is 2.15. The molecule has 3 rings (SSSR count). The Kier molecular flexibility index (Phi) is 3.80. The molecule has 0 bridgehead atoms. The minimum atomic E-state index is 0.614. The Balaban J connectivity index is 1.56. The van der Waals surface area contributed by atoms with Crippen molar-refractivity contribution in [1.82, 2.24) is 4.90 Å². The van der Waals surface area contributed by atoms with Crippen LogP contribution < -0.4 is 5.32 Å². The molecule has 2 nitrogen and oxygen atoms in total. The summed E-state index contributed by atoms with van der Waals surface area (Å²) in [6.07, 6.45) is 2.50. The summed E-state index contributed by atoms with van der Waals surface area (Å²) in [5.41, 5.74) is 2.84. The first-order chi connectivity index (χ1) is 8.85. The third-order valence-corrected chi connectivity index (χ3v) is 5.37. The third kappa shape index (κ3) is 2.67. The smallest absolute Gasteiger partial charge is 0.0429 e. The van der Waals surface area contributed by atoms with Crippen LogP contribution in [0.1, 0.15) is 18.9 Å². The highest BCUT2D eigenvalue weighted by atomic mass is 32.2. The SMILES string of the molecule is CCC1CN(C[C@@H]2Cc3ccccc3N2)CCS1. The minimum Gasteiger partial charge on any atom is -0.380 e. The number of para-hydroxylation sites is 1. The average molecular weight is 262 g/mol. The summed E-state index contributed by atoms with van der Waals surface area (Å²) in [4.78, 5) is 2.65. The van der Waals surface area contributed by atoms with Crippen LogP contribution in [0.5, 0.6) is 0 Å².